The van der Waals surface area contributed by atoms with E-state index in [-0.39, 0.29) is 0 Å². The summed E-state index contributed by atoms with van der Waals surface area (Å²) in [5.41, 5.74) is 4.14. The number of aryl methyl sites for hydroxylation is 1. The smallest absolute Gasteiger partial charge is 0.252 e. The zero-order valence-corrected chi connectivity index (χ0v) is 15.1. The SMILES string of the molecule is C=C(c1ccc(OC)nc1)N1CCCC(c2cc(C)nc3ncnn23)C1. The van der Waals surface area contributed by atoms with E-state index in [9.17, 15) is 0 Å². The molecule has 0 aromatic carbocycles. The fourth-order valence-electron chi connectivity index (χ4n) is 3.57. The van der Waals surface area contributed by atoms with Crippen molar-refractivity contribution >= 4 is 11.5 Å². The maximum atomic E-state index is 5.14. The Bertz CT molecular complexity index is 933. The van der Waals surface area contributed by atoms with Gasteiger partial charge in [0, 0.05) is 48.2 Å². The number of nitrogens with zero attached hydrogens (tertiary/aromatic N) is 6. The van der Waals surface area contributed by atoms with Gasteiger partial charge in [-0.3, -0.25) is 0 Å². The number of rotatable bonds is 4. The number of hydrogen-bond donors (Lipinski definition) is 0. The summed E-state index contributed by atoms with van der Waals surface area (Å²) in [6, 6.07) is 5.99. The van der Waals surface area contributed by atoms with Gasteiger partial charge < -0.3 is 9.64 Å². The van der Waals surface area contributed by atoms with Crippen molar-refractivity contribution < 1.29 is 4.74 Å². The second-order valence-electron chi connectivity index (χ2n) is 6.62. The molecule has 4 heterocycles. The van der Waals surface area contributed by atoms with E-state index in [4.69, 9.17) is 4.74 Å². The summed E-state index contributed by atoms with van der Waals surface area (Å²) in [6.45, 7) is 8.18. The van der Waals surface area contributed by atoms with Gasteiger partial charge >= 0.3 is 0 Å². The molecule has 1 fully saturated rings. The van der Waals surface area contributed by atoms with Gasteiger partial charge in [0.05, 0.1) is 12.8 Å². The van der Waals surface area contributed by atoms with Crippen LogP contribution in [0.5, 0.6) is 5.88 Å². The van der Waals surface area contributed by atoms with Gasteiger partial charge in [-0.1, -0.05) is 6.58 Å². The average Bonchev–Trinajstić information content (AvgIpc) is 3.15. The van der Waals surface area contributed by atoms with Crippen molar-refractivity contribution in [3.63, 3.8) is 0 Å². The third-order valence-corrected chi connectivity index (χ3v) is 4.91. The zero-order chi connectivity index (χ0) is 18.1. The summed E-state index contributed by atoms with van der Waals surface area (Å²) >= 11 is 0. The molecule has 26 heavy (non-hydrogen) atoms. The molecule has 1 aliphatic rings. The van der Waals surface area contributed by atoms with Crippen molar-refractivity contribution in [2.24, 2.45) is 0 Å². The van der Waals surface area contributed by atoms with Crippen LogP contribution >= 0.6 is 0 Å². The molecule has 0 aliphatic carbocycles. The topological polar surface area (TPSA) is 68.4 Å². The number of fused-ring (bicyclic) bond motifs is 1. The Balaban J connectivity index is 1.58. The number of ether oxygens (including phenoxy) is 1. The molecule has 134 valence electrons. The van der Waals surface area contributed by atoms with Crippen LogP contribution in [0.1, 0.15) is 35.7 Å². The van der Waals surface area contributed by atoms with Crippen LogP contribution in [0.4, 0.5) is 0 Å². The minimum absolute atomic E-state index is 0.359. The average molecular weight is 350 g/mol. The molecule has 7 nitrogen and oxygen atoms in total. The monoisotopic (exact) mass is 350 g/mol. The van der Waals surface area contributed by atoms with E-state index in [1.54, 1.807) is 13.4 Å². The highest BCUT2D eigenvalue weighted by Gasteiger charge is 2.25. The molecule has 0 N–H and O–H groups in total. The van der Waals surface area contributed by atoms with Crippen molar-refractivity contribution in [1.82, 2.24) is 29.5 Å². The molecule has 0 bridgehead atoms. The van der Waals surface area contributed by atoms with Gasteiger partial charge in [0.25, 0.3) is 5.78 Å². The number of methoxy groups -OCH3 is 1. The normalized spacial score (nSPS) is 17.5. The van der Waals surface area contributed by atoms with Gasteiger partial charge in [-0.2, -0.15) is 10.1 Å². The van der Waals surface area contributed by atoms with E-state index < -0.39 is 0 Å². The summed E-state index contributed by atoms with van der Waals surface area (Å²) in [4.78, 5) is 15.3. The van der Waals surface area contributed by atoms with Crippen LogP contribution < -0.4 is 4.74 Å². The predicted molar refractivity (Wildman–Crippen MR) is 98.9 cm³/mol. The fraction of sp³-hybridized carbons (Fsp3) is 0.368. The van der Waals surface area contributed by atoms with Crippen molar-refractivity contribution in [2.45, 2.75) is 25.7 Å². The highest BCUT2D eigenvalue weighted by atomic mass is 16.5. The van der Waals surface area contributed by atoms with Crippen LogP contribution in [0.15, 0.2) is 37.3 Å². The van der Waals surface area contributed by atoms with Crippen LogP contribution in [0.2, 0.25) is 0 Å². The van der Waals surface area contributed by atoms with Crippen LogP contribution in [0.25, 0.3) is 11.5 Å². The summed E-state index contributed by atoms with van der Waals surface area (Å²) < 4.78 is 7.00. The molecule has 3 aromatic heterocycles. The Morgan fingerprint density at radius 1 is 1.31 bits per heavy atom. The molecular weight excluding hydrogens is 328 g/mol. The van der Waals surface area contributed by atoms with E-state index in [0.717, 1.165) is 48.6 Å². The molecule has 0 saturated carbocycles. The molecule has 0 amide bonds. The second-order valence-corrected chi connectivity index (χ2v) is 6.62. The van der Waals surface area contributed by atoms with Gasteiger partial charge in [-0.05, 0) is 31.9 Å². The fourth-order valence-corrected chi connectivity index (χ4v) is 3.57. The van der Waals surface area contributed by atoms with Crippen molar-refractivity contribution in [1.29, 1.82) is 0 Å². The molecule has 1 aliphatic heterocycles. The Hall–Kier alpha value is -2.96. The molecule has 3 aromatic rings. The number of pyridine rings is 1. The number of likely N-dealkylation sites (tertiary alicyclic amines) is 1. The summed E-state index contributed by atoms with van der Waals surface area (Å²) in [7, 11) is 1.62. The minimum Gasteiger partial charge on any atom is -0.481 e. The summed E-state index contributed by atoms with van der Waals surface area (Å²) in [5, 5.41) is 4.36. The van der Waals surface area contributed by atoms with Crippen molar-refractivity contribution in [3.8, 4) is 5.88 Å². The summed E-state index contributed by atoms with van der Waals surface area (Å²) in [6.07, 6.45) is 5.60. The van der Waals surface area contributed by atoms with Gasteiger partial charge in [0.15, 0.2) is 0 Å². The van der Waals surface area contributed by atoms with E-state index in [0.29, 0.717) is 17.6 Å². The first-order valence-corrected chi connectivity index (χ1v) is 8.77. The maximum absolute atomic E-state index is 5.14. The summed E-state index contributed by atoms with van der Waals surface area (Å²) in [5.74, 6) is 1.63. The molecule has 1 atom stereocenters. The van der Waals surface area contributed by atoms with Gasteiger partial charge in [0.2, 0.25) is 5.88 Å². The molecular formula is C19H22N6O. The number of aromatic nitrogens is 5. The van der Waals surface area contributed by atoms with Crippen molar-refractivity contribution in [3.05, 3.63) is 54.3 Å². The van der Waals surface area contributed by atoms with Crippen LogP contribution in [0.3, 0.4) is 0 Å². The third-order valence-electron chi connectivity index (χ3n) is 4.91. The lowest BCUT2D eigenvalue weighted by atomic mass is 9.93. The lowest BCUT2D eigenvalue weighted by Gasteiger charge is -2.35. The molecule has 4 rings (SSSR count). The Morgan fingerprint density at radius 2 is 2.19 bits per heavy atom. The van der Waals surface area contributed by atoms with E-state index in [1.165, 1.54) is 0 Å². The molecule has 1 unspecified atom stereocenters. The first-order valence-electron chi connectivity index (χ1n) is 8.77. The lowest BCUT2D eigenvalue weighted by Crippen LogP contribution is -2.33. The van der Waals surface area contributed by atoms with Gasteiger partial charge in [-0.25, -0.2) is 14.5 Å². The van der Waals surface area contributed by atoms with E-state index >= 15 is 0 Å². The predicted octanol–water partition coefficient (Wildman–Crippen LogP) is 2.69. The quantitative estimate of drug-likeness (QED) is 0.721. The molecule has 1 saturated heterocycles. The Morgan fingerprint density at radius 3 is 2.96 bits per heavy atom. The van der Waals surface area contributed by atoms with Crippen LogP contribution in [-0.2, 0) is 0 Å². The van der Waals surface area contributed by atoms with E-state index in [1.807, 2.05) is 29.8 Å². The van der Waals surface area contributed by atoms with E-state index in [2.05, 4.69) is 37.6 Å². The standard InChI is InChI=1S/C19H22N6O/c1-13-9-17(25-19(23-13)21-12-22-25)16-5-4-8-24(11-16)14(2)15-6-7-18(26-3)20-10-15/h6-7,9-10,12,16H,2,4-5,8,11H2,1,3H3. The van der Waals surface area contributed by atoms with Gasteiger partial charge in [-0.15, -0.1) is 0 Å². The van der Waals surface area contributed by atoms with Crippen molar-refractivity contribution in [2.75, 3.05) is 20.2 Å². The second kappa shape index (κ2) is 6.74. The Labute approximate surface area is 152 Å². The Kier molecular flexibility index (Phi) is 4.28. The lowest BCUT2D eigenvalue weighted by molar-refractivity contribution is 0.289. The first kappa shape index (κ1) is 16.5. The zero-order valence-electron chi connectivity index (χ0n) is 15.1. The van der Waals surface area contributed by atoms with Crippen LogP contribution in [0, 0.1) is 6.92 Å². The largest absolute Gasteiger partial charge is 0.481 e. The maximum Gasteiger partial charge on any atom is 0.252 e. The van der Waals surface area contributed by atoms with Crippen LogP contribution in [-0.4, -0.2) is 49.7 Å². The highest BCUT2D eigenvalue weighted by Crippen LogP contribution is 2.31. The third kappa shape index (κ3) is 3.00. The minimum atomic E-state index is 0.359. The number of hydrogen-bond acceptors (Lipinski definition) is 6. The molecule has 0 spiro atoms. The van der Waals surface area contributed by atoms with Gasteiger partial charge in [0.1, 0.15) is 6.33 Å². The first-order chi connectivity index (χ1) is 12.7. The number of piperidine rings is 1. The molecule has 0 radical (unpaired) electrons. The highest BCUT2D eigenvalue weighted by molar-refractivity contribution is 5.61. The molecule has 7 heteroatoms.